The van der Waals surface area contributed by atoms with Crippen LogP contribution in [0.2, 0.25) is 0 Å². The fraction of sp³-hybridized carbons (Fsp3) is 0.316. The highest BCUT2D eigenvalue weighted by Crippen LogP contribution is 2.30. The van der Waals surface area contributed by atoms with Gasteiger partial charge in [0.25, 0.3) is 0 Å². The summed E-state index contributed by atoms with van der Waals surface area (Å²) in [4.78, 5) is 26.9. The zero-order chi connectivity index (χ0) is 16.4. The van der Waals surface area contributed by atoms with Crippen LogP contribution in [0.25, 0.3) is 11.0 Å². The summed E-state index contributed by atoms with van der Waals surface area (Å²) in [6, 6.07) is 12.0. The normalized spacial score (nSPS) is 18.0. The van der Waals surface area contributed by atoms with Crippen molar-refractivity contribution in [3.63, 3.8) is 0 Å². The lowest BCUT2D eigenvalue weighted by atomic mass is 9.96. The summed E-state index contributed by atoms with van der Waals surface area (Å²) in [7, 11) is 0. The Morgan fingerprint density at radius 3 is 2.96 bits per heavy atom. The number of benzene rings is 1. The third-order valence-electron chi connectivity index (χ3n) is 4.65. The van der Waals surface area contributed by atoms with Gasteiger partial charge in [0.1, 0.15) is 5.82 Å². The first-order valence-electron chi connectivity index (χ1n) is 8.44. The van der Waals surface area contributed by atoms with Gasteiger partial charge in [-0.25, -0.2) is 4.98 Å². The molecule has 0 bridgehead atoms. The Hall–Kier alpha value is -2.69. The average molecular weight is 320 g/mol. The van der Waals surface area contributed by atoms with Crippen LogP contribution in [-0.2, 0) is 11.2 Å². The predicted molar refractivity (Wildman–Crippen MR) is 92.3 cm³/mol. The first-order chi connectivity index (χ1) is 11.8. The molecule has 1 aliphatic heterocycles. The van der Waals surface area contributed by atoms with Crippen molar-refractivity contribution in [2.45, 2.75) is 31.7 Å². The molecule has 1 fully saturated rings. The first-order valence-corrected chi connectivity index (χ1v) is 8.44. The van der Waals surface area contributed by atoms with Crippen molar-refractivity contribution in [1.29, 1.82) is 0 Å². The molecule has 5 nitrogen and oxygen atoms in total. The van der Waals surface area contributed by atoms with Crippen LogP contribution in [0.5, 0.6) is 0 Å². The predicted octanol–water partition coefficient (Wildman–Crippen LogP) is 3.25. The molecule has 24 heavy (non-hydrogen) atoms. The lowest BCUT2D eigenvalue weighted by Crippen LogP contribution is -2.39. The number of piperidine rings is 1. The molecule has 1 N–H and O–H groups in total. The molecule has 0 spiro atoms. The molecule has 0 aliphatic carbocycles. The van der Waals surface area contributed by atoms with Gasteiger partial charge in [-0.1, -0.05) is 18.2 Å². The topological polar surface area (TPSA) is 61.9 Å². The summed E-state index contributed by atoms with van der Waals surface area (Å²) in [5.74, 6) is 0.860. The number of amides is 1. The molecule has 1 aliphatic rings. The minimum absolute atomic E-state index is 0.127. The fourth-order valence-electron chi connectivity index (χ4n) is 3.48. The highest BCUT2D eigenvalue weighted by molar-refractivity contribution is 5.81. The molecule has 0 radical (unpaired) electrons. The van der Waals surface area contributed by atoms with Gasteiger partial charge in [-0.05, 0) is 43.0 Å². The highest BCUT2D eigenvalue weighted by atomic mass is 16.2. The number of hydrogen-bond acceptors (Lipinski definition) is 3. The molecule has 1 saturated heterocycles. The molecule has 4 rings (SSSR count). The first kappa shape index (κ1) is 14.9. The van der Waals surface area contributed by atoms with Gasteiger partial charge in [-0.15, -0.1) is 0 Å². The Morgan fingerprint density at radius 1 is 1.21 bits per heavy atom. The molecule has 5 heteroatoms. The Labute approximate surface area is 140 Å². The molecule has 0 unspecified atom stereocenters. The number of imidazole rings is 1. The van der Waals surface area contributed by atoms with Crippen molar-refractivity contribution in [1.82, 2.24) is 19.9 Å². The lowest BCUT2D eigenvalue weighted by Gasteiger charge is -2.35. The van der Waals surface area contributed by atoms with E-state index in [-0.39, 0.29) is 11.9 Å². The zero-order valence-corrected chi connectivity index (χ0v) is 13.5. The van der Waals surface area contributed by atoms with E-state index in [1.54, 1.807) is 6.20 Å². The number of pyridine rings is 1. The second kappa shape index (κ2) is 6.43. The van der Waals surface area contributed by atoms with Gasteiger partial charge < -0.3 is 9.88 Å². The summed E-state index contributed by atoms with van der Waals surface area (Å²) >= 11 is 0. The number of carbonyl (C=O) groups excluding carboxylic acids is 1. The van der Waals surface area contributed by atoms with Crippen LogP contribution in [-0.4, -0.2) is 32.3 Å². The lowest BCUT2D eigenvalue weighted by molar-refractivity contribution is -0.134. The van der Waals surface area contributed by atoms with Crippen LogP contribution in [0.4, 0.5) is 0 Å². The maximum absolute atomic E-state index is 12.9. The van der Waals surface area contributed by atoms with E-state index in [4.69, 9.17) is 0 Å². The van der Waals surface area contributed by atoms with Crippen LogP contribution in [0.3, 0.4) is 0 Å². The number of nitrogens with zero attached hydrogens (tertiary/aromatic N) is 3. The van der Waals surface area contributed by atoms with Crippen molar-refractivity contribution >= 4 is 16.9 Å². The van der Waals surface area contributed by atoms with Crippen LogP contribution in [0.15, 0.2) is 48.8 Å². The fourth-order valence-corrected chi connectivity index (χ4v) is 3.48. The average Bonchev–Trinajstić information content (AvgIpc) is 3.04. The maximum Gasteiger partial charge on any atom is 0.230 e. The summed E-state index contributed by atoms with van der Waals surface area (Å²) in [5, 5.41) is 0. The van der Waals surface area contributed by atoms with E-state index >= 15 is 0 Å². The summed E-state index contributed by atoms with van der Waals surface area (Å²) in [6.45, 7) is 0.804. The van der Waals surface area contributed by atoms with E-state index in [9.17, 15) is 4.79 Å². The molecule has 0 saturated carbocycles. The van der Waals surface area contributed by atoms with E-state index in [0.717, 1.165) is 48.2 Å². The Bertz CT molecular complexity index is 810. The molecular formula is C19H20N4O. The van der Waals surface area contributed by atoms with Crippen LogP contribution >= 0.6 is 0 Å². The monoisotopic (exact) mass is 320 g/mol. The van der Waals surface area contributed by atoms with Crippen molar-refractivity contribution in [3.05, 3.63) is 60.2 Å². The second-order valence-corrected chi connectivity index (χ2v) is 6.26. The SMILES string of the molecule is O=C(Cc1nc2ccccc2[nH]1)N1CCCC[C@H]1c1cccnc1. The number of nitrogens with one attached hydrogen (secondary N) is 1. The molecule has 2 aromatic heterocycles. The Morgan fingerprint density at radius 2 is 2.12 bits per heavy atom. The van der Waals surface area contributed by atoms with E-state index in [0.29, 0.717) is 6.42 Å². The Balaban J connectivity index is 1.55. The van der Waals surface area contributed by atoms with Gasteiger partial charge in [0, 0.05) is 18.9 Å². The van der Waals surface area contributed by atoms with E-state index in [1.807, 2.05) is 41.4 Å². The molecule has 3 heterocycles. The van der Waals surface area contributed by atoms with Crippen molar-refractivity contribution in [2.75, 3.05) is 6.54 Å². The molecule has 122 valence electrons. The summed E-state index contributed by atoms with van der Waals surface area (Å²) in [5.41, 5.74) is 3.00. The number of fused-ring (bicyclic) bond motifs is 1. The number of aromatic amines is 1. The number of hydrogen-bond donors (Lipinski definition) is 1. The standard InChI is InChI=1S/C19H20N4O/c24-19(12-18-21-15-7-1-2-8-16(15)22-18)23-11-4-3-9-17(23)14-6-5-10-20-13-14/h1-2,5-8,10,13,17H,3-4,9,11-12H2,(H,21,22)/t17-/m0/s1. The zero-order valence-electron chi connectivity index (χ0n) is 13.5. The van der Waals surface area contributed by atoms with Crippen molar-refractivity contribution in [2.24, 2.45) is 0 Å². The summed E-state index contributed by atoms with van der Waals surface area (Å²) < 4.78 is 0. The largest absolute Gasteiger partial charge is 0.342 e. The van der Waals surface area contributed by atoms with Gasteiger partial charge in [-0.2, -0.15) is 0 Å². The van der Waals surface area contributed by atoms with Crippen LogP contribution in [0, 0.1) is 0 Å². The third-order valence-corrected chi connectivity index (χ3v) is 4.65. The van der Waals surface area contributed by atoms with E-state index < -0.39 is 0 Å². The number of H-pyrrole nitrogens is 1. The van der Waals surface area contributed by atoms with Crippen LogP contribution < -0.4 is 0 Å². The van der Waals surface area contributed by atoms with Gasteiger partial charge in [0.15, 0.2) is 0 Å². The van der Waals surface area contributed by atoms with Crippen LogP contribution in [0.1, 0.15) is 36.7 Å². The van der Waals surface area contributed by atoms with Gasteiger partial charge in [0.05, 0.1) is 23.5 Å². The molecule has 3 aromatic rings. The number of likely N-dealkylation sites (tertiary alicyclic amines) is 1. The van der Waals surface area contributed by atoms with Gasteiger partial charge in [-0.3, -0.25) is 9.78 Å². The van der Waals surface area contributed by atoms with Gasteiger partial charge in [0.2, 0.25) is 5.91 Å². The maximum atomic E-state index is 12.9. The van der Waals surface area contributed by atoms with Crippen molar-refractivity contribution in [3.8, 4) is 0 Å². The minimum Gasteiger partial charge on any atom is -0.342 e. The highest BCUT2D eigenvalue weighted by Gasteiger charge is 2.28. The smallest absolute Gasteiger partial charge is 0.230 e. The van der Waals surface area contributed by atoms with Crippen molar-refractivity contribution < 1.29 is 4.79 Å². The molecule has 1 aromatic carbocycles. The molecule has 1 atom stereocenters. The molecular weight excluding hydrogens is 300 g/mol. The van der Waals surface area contributed by atoms with E-state index in [2.05, 4.69) is 21.0 Å². The number of para-hydroxylation sites is 2. The quantitative estimate of drug-likeness (QED) is 0.806. The Kier molecular flexibility index (Phi) is 3.99. The number of carbonyl (C=O) groups is 1. The number of rotatable bonds is 3. The van der Waals surface area contributed by atoms with Gasteiger partial charge >= 0.3 is 0 Å². The minimum atomic E-state index is 0.127. The van der Waals surface area contributed by atoms with E-state index in [1.165, 1.54) is 0 Å². The molecule has 1 amide bonds. The third kappa shape index (κ3) is 2.89. The number of aromatic nitrogens is 3. The summed E-state index contributed by atoms with van der Waals surface area (Å²) in [6.07, 6.45) is 7.16. The second-order valence-electron chi connectivity index (χ2n) is 6.26.